The van der Waals surface area contributed by atoms with Gasteiger partial charge in [0.2, 0.25) is 11.2 Å². The van der Waals surface area contributed by atoms with Crippen molar-refractivity contribution in [2.24, 2.45) is 5.73 Å². The molecule has 3 rings (SSSR count). The Hall–Kier alpha value is -2.47. The van der Waals surface area contributed by atoms with Crippen LogP contribution in [0.5, 0.6) is 0 Å². The van der Waals surface area contributed by atoms with Crippen LogP contribution in [0.2, 0.25) is 5.02 Å². The molecule has 0 radical (unpaired) electrons. The monoisotopic (exact) mass is 447 g/mol. The van der Waals surface area contributed by atoms with Gasteiger partial charge in [0.05, 0.1) is 17.1 Å². The largest absolute Gasteiger partial charge is 0.594 e. The zero-order chi connectivity index (χ0) is 22.4. The topological polar surface area (TPSA) is 107 Å². The Kier molecular flexibility index (Phi) is 5.67. The third kappa shape index (κ3) is 3.81. The number of rotatable bonds is 4. The Labute approximate surface area is 181 Å². The van der Waals surface area contributed by atoms with Crippen LogP contribution in [0.3, 0.4) is 0 Å². The normalized spacial score (nSPS) is 16.1. The molecule has 158 valence electrons. The van der Waals surface area contributed by atoms with Gasteiger partial charge >= 0.3 is 14.1 Å². The quantitative estimate of drug-likeness (QED) is 0.700. The van der Waals surface area contributed by atoms with Gasteiger partial charge in [0.15, 0.2) is 0 Å². The molecule has 30 heavy (non-hydrogen) atoms. The number of hydrogen-bond donors (Lipinski definition) is 1. The molecule has 2 aromatic rings. The van der Waals surface area contributed by atoms with Crippen LogP contribution in [0.4, 0.5) is 21.9 Å². The van der Waals surface area contributed by atoms with Gasteiger partial charge in [-0.1, -0.05) is 36.1 Å². The summed E-state index contributed by atoms with van der Waals surface area (Å²) in [4.78, 5) is 39.7. The van der Waals surface area contributed by atoms with Gasteiger partial charge < -0.3 is 10.6 Å². The highest BCUT2D eigenvalue weighted by atomic mass is 35.5. The molecule has 0 fully saturated rings. The molecule has 7 nitrogen and oxygen atoms in total. The van der Waals surface area contributed by atoms with E-state index in [0.29, 0.717) is 22.1 Å². The fraction of sp³-hybridized carbons (Fsp3) is 0.333. The fourth-order valence-corrected chi connectivity index (χ4v) is 4.35. The van der Waals surface area contributed by atoms with Crippen LogP contribution in [-0.2, 0) is 14.8 Å². The number of anilines is 3. The third-order valence-corrected chi connectivity index (χ3v) is 6.66. The Morgan fingerprint density at radius 2 is 1.87 bits per heavy atom. The SMILES string of the molecule is CC1(C)CC(=O)N(C(C)(C)[P+](=O)[O-])c2ccc(N(C(N)=O)c3cccc(Cl)c3)cc21. The first-order valence-electron chi connectivity index (χ1n) is 9.33. The molecule has 1 heterocycles. The van der Waals surface area contributed by atoms with Gasteiger partial charge in [-0.2, -0.15) is 0 Å². The molecular formula is C21H23ClN3O4P. The number of fused-ring (bicyclic) bond motifs is 1. The zero-order valence-electron chi connectivity index (χ0n) is 17.2. The number of urea groups is 1. The molecule has 1 aliphatic rings. The van der Waals surface area contributed by atoms with Crippen LogP contribution in [0.15, 0.2) is 42.5 Å². The molecule has 2 aromatic carbocycles. The first kappa shape index (κ1) is 22.2. The average molecular weight is 448 g/mol. The molecule has 1 atom stereocenters. The van der Waals surface area contributed by atoms with Crippen molar-refractivity contribution in [3.8, 4) is 0 Å². The number of amides is 3. The van der Waals surface area contributed by atoms with Gasteiger partial charge in [-0.05, 0) is 42.0 Å². The predicted molar refractivity (Wildman–Crippen MR) is 116 cm³/mol. The average Bonchev–Trinajstić information content (AvgIpc) is 2.61. The maximum atomic E-state index is 12.9. The van der Waals surface area contributed by atoms with Gasteiger partial charge in [0, 0.05) is 30.7 Å². The van der Waals surface area contributed by atoms with Crippen molar-refractivity contribution in [3.05, 3.63) is 53.1 Å². The molecule has 0 saturated carbocycles. The van der Waals surface area contributed by atoms with Crippen molar-refractivity contribution in [2.45, 2.75) is 44.8 Å². The van der Waals surface area contributed by atoms with E-state index in [1.807, 2.05) is 13.8 Å². The number of carbonyl (C=O) groups excluding carboxylic acids is 2. The van der Waals surface area contributed by atoms with Gasteiger partial charge in [-0.25, -0.2) is 4.79 Å². The lowest BCUT2D eigenvalue weighted by atomic mass is 9.76. The zero-order valence-corrected chi connectivity index (χ0v) is 18.8. The van der Waals surface area contributed by atoms with E-state index < -0.39 is 24.8 Å². The second kappa shape index (κ2) is 7.65. The van der Waals surface area contributed by atoms with Crippen LogP contribution in [-0.4, -0.2) is 17.2 Å². The van der Waals surface area contributed by atoms with E-state index in [0.717, 1.165) is 5.56 Å². The van der Waals surface area contributed by atoms with E-state index in [2.05, 4.69) is 0 Å². The van der Waals surface area contributed by atoms with E-state index >= 15 is 0 Å². The van der Waals surface area contributed by atoms with Crippen LogP contribution in [0.1, 0.15) is 39.7 Å². The molecular weight excluding hydrogens is 425 g/mol. The number of nitrogens with two attached hydrogens (primary N) is 1. The minimum Gasteiger partial charge on any atom is -0.594 e. The van der Waals surface area contributed by atoms with Crippen LogP contribution >= 0.6 is 19.6 Å². The molecule has 9 heteroatoms. The maximum Gasteiger partial charge on any atom is 0.337 e. The van der Waals surface area contributed by atoms with E-state index in [-0.39, 0.29) is 12.3 Å². The van der Waals surface area contributed by atoms with Crippen molar-refractivity contribution in [3.63, 3.8) is 0 Å². The van der Waals surface area contributed by atoms with Gasteiger partial charge in [0.25, 0.3) is 0 Å². The Morgan fingerprint density at radius 1 is 1.23 bits per heavy atom. The molecule has 0 bridgehead atoms. The number of carbonyl (C=O) groups is 2. The lowest BCUT2D eigenvalue weighted by molar-refractivity contribution is -0.169. The first-order valence-corrected chi connectivity index (χ1v) is 10.9. The van der Waals surface area contributed by atoms with Crippen molar-refractivity contribution < 1.29 is 19.0 Å². The fourth-order valence-electron chi connectivity index (χ4n) is 3.79. The summed E-state index contributed by atoms with van der Waals surface area (Å²) in [6, 6.07) is 11.1. The predicted octanol–water partition coefficient (Wildman–Crippen LogP) is 4.41. The van der Waals surface area contributed by atoms with Crippen molar-refractivity contribution >= 4 is 48.6 Å². The van der Waals surface area contributed by atoms with Crippen LogP contribution < -0.4 is 20.4 Å². The Morgan fingerprint density at radius 3 is 2.43 bits per heavy atom. The lowest BCUT2D eigenvalue weighted by Crippen LogP contribution is -2.52. The first-order chi connectivity index (χ1) is 13.9. The van der Waals surface area contributed by atoms with E-state index in [4.69, 9.17) is 17.3 Å². The molecule has 1 unspecified atom stereocenters. The second-order valence-corrected chi connectivity index (χ2v) is 10.4. The van der Waals surface area contributed by atoms with Crippen LogP contribution in [0.25, 0.3) is 0 Å². The van der Waals surface area contributed by atoms with Crippen molar-refractivity contribution in [2.75, 3.05) is 9.80 Å². The van der Waals surface area contributed by atoms with Gasteiger partial charge in [0.1, 0.15) is 0 Å². The summed E-state index contributed by atoms with van der Waals surface area (Å²) in [5.74, 6) is -0.272. The summed E-state index contributed by atoms with van der Waals surface area (Å²) in [5.41, 5.74) is 7.33. The Bertz CT molecular complexity index is 1050. The minimum absolute atomic E-state index is 0.129. The number of benzene rings is 2. The van der Waals surface area contributed by atoms with E-state index in [9.17, 15) is 19.0 Å². The number of halogens is 1. The third-order valence-electron chi connectivity index (χ3n) is 5.33. The van der Waals surface area contributed by atoms with Gasteiger partial charge in [-0.15, -0.1) is 0 Å². The Balaban J connectivity index is 2.20. The number of hydrogen-bond acceptors (Lipinski definition) is 4. The lowest BCUT2D eigenvalue weighted by Gasteiger charge is -2.42. The highest BCUT2D eigenvalue weighted by molar-refractivity contribution is 7.38. The van der Waals surface area contributed by atoms with Gasteiger partial charge in [-0.3, -0.25) is 14.6 Å². The molecule has 1 aliphatic heterocycles. The standard InChI is InChI=1S/C21H23ClN3O4P/c1-20(2)12-18(26)25(21(3,4)30(28)29)17-9-8-15(11-16(17)20)24(19(23)27)14-7-5-6-13(22)10-14/h5-11H,12H2,1-4H3,(H2,23,27). The molecule has 3 amide bonds. The molecule has 0 aliphatic carbocycles. The summed E-state index contributed by atoms with van der Waals surface area (Å²) in [5, 5.41) is -0.940. The van der Waals surface area contributed by atoms with E-state index in [1.54, 1.807) is 42.5 Å². The summed E-state index contributed by atoms with van der Waals surface area (Å²) < 4.78 is 11.9. The maximum absolute atomic E-state index is 12.9. The highest BCUT2D eigenvalue weighted by Crippen LogP contribution is 2.48. The molecule has 2 N–H and O–H groups in total. The smallest absolute Gasteiger partial charge is 0.337 e. The van der Waals surface area contributed by atoms with Crippen molar-refractivity contribution in [1.82, 2.24) is 0 Å². The van der Waals surface area contributed by atoms with E-state index in [1.165, 1.54) is 23.6 Å². The highest BCUT2D eigenvalue weighted by Gasteiger charge is 2.49. The summed E-state index contributed by atoms with van der Waals surface area (Å²) in [6.45, 7) is 6.80. The molecule has 0 aromatic heterocycles. The summed E-state index contributed by atoms with van der Waals surface area (Å²) >= 11 is 6.08. The summed E-state index contributed by atoms with van der Waals surface area (Å²) in [6.07, 6.45) is 0.129. The molecule has 0 spiro atoms. The van der Waals surface area contributed by atoms with Crippen LogP contribution in [0, 0.1) is 0 Å². The van der Waals surface area contributed by atoms with Crippen molar-refractivity contribution in [1.29, 1.82) is 0 Å². The second-order valence-electron chi connectivity index (χ2n) is 8.40. The minimum atomic E-state index is -2.91. The molecule has 0 saturated heterocycles. The number of primary amides is 1. The summed E-state index contributed by atoms with van der Waals surface area (Å²) in [7, 11) is -2.91. The number of nitrogens with zero attached hydrogens (tertiary/aromatic N) is 2.